The first-order chi connectivity index (χ1) is 9.13. The molecule has 0 unspecified atom stereocenters. The zero-order valence-electron chi connectivity index (χ0n) is 9.84. The van der Waals surface area contributed by atoms with Crippen molar-refractivity contribution >= 4 is 28.7 Å². The highest BCUT2D eigenvalue weighted by Crippen LogP contribution is 2.24. The minimum Gasteiger partial charge on any atom is -0.478 e. The number of nitrogens with zero attached hydrogens (tertiary/aromatic N) is 1. The first kappa shape index (κ1) is 12.6. The predicted molar refractivity (Wildman–Crippen MR) is 68.2 cm³/mol. The largest absolute Gasteiger partial charge is 0.478 e. The lowest BCUT2D eigenvalue weighted by Gasteiger charge is -2.08. The van der Waals surface area contributed by atoms with E-state index >= 15 is 0 Å². The number of nitrogens with one attached hydrogen (secondary N) is 2. The molecule has 0 spiro atoms. The number of carbonyl (C=O) groups excluding carboxylic acids is 1. The monoisotopic (exact) mass is 261 g/mol. The van der Waals surface area contributed by atoms with E-state index in [9.17, 15) is 14.7 Å². The van der Waals surface area contributed by atoms with Crippen LogP contribution in [0.1, 0.15) is 10.4 Å². The number of aromatic nitrogens is 2. The molecule has 19 heavy (non-hydrogen) atoms. The van der Waals surface area contributed by atoms with Crippen molar-refractivity contribution in [1.29, 1.82) is 0 Å². The summed E-state index contributed by atoms with van der Waals surface area (Å²) in [7, 11) is 0. The molecule has 1 aromatic carbocycles. The van der Waals surface area contributed by atoms with Crippen LogP contribution in [-0.4, -0.2) is 34.0 Å². The smallest absolute Gasteiger partial charge is 0.411 e. The predicted octanol–water partition coefficient (Wildman–Crippen LogP) is 2.00. The van der Waals surface area contributed by atoms with Crippen LogP contribution in [0.5, 0.6) is 0 Å². The number of carboxylic acids is 1. The zero-order chi connectivity index (χ0) is 13.8. The number of ether oxygens (including phenoxy) is 1. The fourth-order valence-corrected chi connectivity index (χ4v) is 1.62. The Kier molecular flexibility index (Phi) is 3.46. The van der Waals surface area contributed by atoms with Gasteiger partial charge in [-0.1, -0.05) is 12.7 Å². The van der Waals surface area contributed by atoms with Crippen LogP contribution in [-0.2, 0) is 4.74 Å². The van der Waals surface area contributed by atoms with E-state index < -0.39 is 12.1 Å². The third-order valence-corrected chi connectivity index (χ3v) is 2.40. The van der Waals surface area contributed by atoms with Gasteiger partial charge in [-0.2, -0.15) is 5.10 Å². The molecular weight excluding hydrogens is 250 g/mol. The summed E-state index contributed by atoms with van der Waals surface area (Å²) in [5, 5.41) is 18.6. The molecule has 0 atom stereocenters. The van der Waals surface area contributed by atoms with Gasteiger partial charge in [0.15, 0.2) is 0 Å². The number of aromatic amines is 1. The Balaban J connectivity index is 2.36. The average Bonchev–Trinajstić information content (AvgIpc) is 2.83. The fraction of sp³-hybridized carbons (Fsp3) is 0.0833. The van der Waals surface area contributed by atoms with E-state index in [-0.39, 0.29) is 17.9 Å². The SMILES string of the molecule is C=CCOC(=O)Nc1ccc2cn[nH]c2c1C(=O)O. The Morgan fingerprint density at radius 3 is 3.00 bits per heavy atom. The van der Waals surface area contributed by atoms with Crippen LogP contribution >= 0.6 is 0 Å². The second-order valence-corrected chi connectivity index (χ2v) is 3.64. The van der Waals surface area contributed by atoms with Crippen molar-refractivity contribution in [2.24, 2.45) is 0 Å². The number of carboxylic acid groups (broad SMARTS) is 1. The van der Waals surface area contributed by atoms with Gasteiger partial charge in [0.05, 0.1) is 17.4 Å². The third-order valence-electron chi connectivity index (χ3n) is 2.40. The van der Waals surface area contributed by atoms with Crippen LogP contribution in [0.4, 0.5) is 10.5 Å². The number of rotatable bonds is 4. The highest BCUT2D eigenvalue weighted by Gasteiger charge is 2.17. The van der Waals surface area contributed by atoms with Crippen molar-refractivity contribution in [3.05, 3.63) is 36.5 Å². The maximum atomic E-state index is 11.4. The van der Waals surface area contributed by atoms with E-state index in [4.69, 9.17) is 4.74 Å². The van der Waals surface area contributed by atoms with Gasteiger partial charge in [0.1, 0.15) is 12.2 Å². The number of anilines is 1. The number of carbonyl (C=O) groups is 2. The Morgan fingerprint density at radius 2 is 2.32 bits per heavy atom. The highest BCUT2D eigenvalue weighted by molar-refractivity contribution is 6.09. The van der Waals surface area contributed by atoms with Gasteiger partial charge in [0, 0.05) is 5.39 Å². The Hall–Kier alpha value is -2.83. The number of fused-ring (bicyclic) bond motifs is 1. The second kappa shape index (κ2) is 5.21. The minimum absolute atomic E-state index is 0.0422. The first-order valence-corrected chi connectivity index (χ1v) is 5.37. The second-order valence-electron chi connectivity index (χ2n) is 3.64. The van der Waals surface area contributed by atoms with E-state index in [0.29, 0.717) is 10.9 Å². The van der Waals surface area contributed by atoms with Crippen molar-refractivity contribution in [3.63, 3.8) is 0 Å². The molecule has 7 heteroatoms. The van der Waals surface area contributed by atoms with Crippen LogP contribution in [0, 0.1) is 0 Å². The molecule has 1 aromatic heterocycles. The molecule has 0 fully saturated rings. The number of amides is 1. The van der Waals surface area contributed by atoms with Gasteiger partial charge < -0.3 is 9.84 Å². The summed E-state index contributed by atoms with van der Waals surface area (Å²) in [6, 6.07) is 3.13. The number of hydrogen-bond donors (Lipinski definition) is 3. The molecule has 0 aliphatic rings. The maximum Gasteiger partial charge on any atom is 0.411 e. The van der Waals surface area contributed by atoms with Crippen LogP contribution in [0.3, 0.4) is 0 Å². The van der Waals surface area contributed by atoms with Crippen LogP contribution in [0.25, 0.3) is 10.9 Å². The lowest BCUT2D eigenvalue weighted by atomic mass is 10.1. The van der Waals surface area contributed by atoms with E-state index in [0.717, 1.165) is 0 Å². The van der Waals surface area contributed by atoms with Gasteiger partial charge in [0.25, 0.3) is 0 Å². The third kappa shape index (κ3) is 2.54. The molecule has 0 saturated heterocycles. The molecule has 0 bridgehead atoms. The first-order valence-electron chi connectivity index (χ1n) is 5.37. The van der Waals surface area contributed by atoms with Crippen molar-refractivity contribution in [2.75, 3.05) is 11.9 Å². The molecule has 98 valence electrons. The van der Waals surface area contributed by atoms with Crippen molar-refractivity contribution < 1.29 is 19.4 Å². The fourth-order valence-electron chi connectivity index (χ4n) is 1.62. The number of aromatic carboxylic acids is 1. The lowest BCUT2D eigenvalue weighted by molar-refractivity contribution is 0.0700. The topological polar surface area (TPSA) is 104 Å². The Morgan fingerprint density at radius 1 is 1.53 bits per heavy atom. The maximum absolute atomic E-state index is 11.4. The molecule has 0 saturated carbocycles. The quantitative estimate of drug-likeness (QED) is 0.730. The summed E-state index contributed by atoms with van der Waals surface area (Å²) in [4.78, 5) is 22.7. The zero-order valence-corrected chi connectivity index (χ0v) is 9.84. The minimum atomic E-state index is -1.17. The molecular formula is C12H11N3O4. The van der Waals surface area contributed by atoms with Gasteiger partial charge in [-0.25, -0.2) is 9.59 Å². The summed E-state index contributed by atoms with van der Waals surface area (Å²) < 4.78 is 4.74. The summed E-state index contributed by atoms with van der Waals surface area (Å²) >= 11 is 0. The summed E-state index contributed by atoms with van der Waals surface area (Å²) in [6.07, 6.45) is 2.17. The Labute approximate surface area is 107 Å². The lowest BCUT2D eigenvalue weighted by Crippen LogP contribution is -2.16. The number of hydrogen-bond acceptors (Lipinski definition) is 4. The van der Waals surface area contributed by atoms with Crippen molar-refractivity contribution in [1.82, 2.24) is 10.2 Å². The summed E-state index contributed by atoms with van der Waals surface area (Å²) in [5.74, 6) is -1.17. The number of benzene rings is 1. The van der Waals surface area contributed by atoms with E-state index in [2.05, 4.69) is 22.1 Å². The van der Waals surface area contributed by atoms with Crippen molar-refractivity contribution in [3.8, 4) is 0 Å². The normalized spacial score (nSPS) is 10.1. The van der Waals surface area contributed by atoms with Crippen molar-refractivity contribution in [2.45, 2.75) is 0 Å². The van der Waals surface area contributed by atoms with E-state index in [1.807, 2.05) is 0 Å². The van der Waals surface area contributed by atoms with Gasteiger partial charge in [-0.05, 0) is 12.1 Å². The average molecular weight is 261 g/mol. The van der Waals surface area contributed by atoms with E-state index in [1.54, 1.807) is 6.07 Å². The van der Waals surface area contributed by atoms with Gasteiger partial charge in [-0.3, -0.25) is 10.4 Å². The number of H-pyrrole nitrogens is 1. The molecule has 1 amide bonds. The standard InChI is InChI=1S/C12H11N3O4/c1-2-5-19-12(18)14-8-4-3-7-6-13-15-10(7)9(8)11(16)17/h2-4,6H,1,5H2,(H,13,15)(H,14,18)(H,16,17). The summed E-state index contributed by atoms with van der Waals surface area (Å²) in [5.41, 5.74) is 0.415. The van der Waals surface area contributed by atoms with Crippen LogP contribution in [0.2, 0.25) is 0 Å². The molecule has 0 radical (unpaired) electrons. The van der Waals surface area contributed by atoms with Gasteiger partial charge in [0.2, 0.25) is 0 Å². The molecule has 3 N–H and O–H groups in total. The van der Waals surface area contributed by atoms with Gasteiger partial charge in [-0.15, -0.1) is 0 Å². The Bertz CT molecular complexity index is 647. The molecule has 1 heterocycles. The summed E-state index contributed by atoms with van der Waals surface area (Å²) in [6.45, 7) is 3.45. The molecule has 2 rings (SSSR count). The van der Waals surface area contributed by atoms with E-state index in [1.165, 1.54) is 18.3 Å². The van der Waals surface area contributed by atoms with Crippen LogP contribution < -0.4 is 5.32 Å². The highest BCUT2D eigenvalue weighted by atomic mass is 16.5. The molecule has 7 nitrogen and oxygen atoms in total. The molecule has 0 aliphatic heterocycles. The molecule has 2 aromatic rings. The molecule has 0 aliphatic carbocycles. The van der Waals surface area contributed by atoms with Gasteiger partial charge >= 0.3 is 12.1 Å². The van der Waals surface area contributed by atoms with Crippen LogP contribution in [0.15, 0.2) is 31.0 Å².